The van der Waals surface area contributed by atoms with E-state index in [1.165, 1.54) is 0 Å². The number of carbonyl (C=O) groups excluding carboxylic acids is 3. The Morgan fingerprint density at radius 1 is 0.938 bits per heavy atom. The van der Waals surface area contributed by atoms with Crippen molar-refractivity contribution in [2.24, 2.45) is 0 Å². The fourth-order valence-electron chi connectivity index (χ4n) is 3.76. The van der Waals surface area contributed by atoms with Crippen LogP contribution in [-0.4, -0.2) is 29.9 Å². The van der Waals surface area contributed by atoms with Crippen LogP contribution < -0.4 is 10.6 Å². The summed E-state index contributed by atoms with van der Waals surface area (Å²) >= 11 is 0. The molecule has 1 aliphatic rings. The first-order chi connectivity index (χ1) is 15.5. The van der Waals surface area contributed by atoms with Gasteiger partial charge in [-0.25, -0.2) is 4.79 Å². The molecule has 0 radical (unpaired) electrons. The lowest BCUT2D eigenvalue weighted by atomic mass is 9.89. The van der Waals surface area contributed by atoms with Crippen LogP contribution in [0.1, 0.15) is 38.8 Å². The van der Waals surface area contributed by atoms with E-state index in [-0.39, 0.29) is 12.3 Å². The van der Waals surface area contributed by atoms with Gasteiger partial charge in [0.15, 0.2) is 5.60 Å². The van der Waals surface area contributed by atoms with Gasteiger partial charge in [0.1, 0.15) is 0 Å². The molecule has 6 nitrogen and oxygen atoms in total. The third kappa shape index (κ3) is 4.54. The largest absolute Gasteiger partial charge is 0.445 e. The molecule has 1 heterocycles. The molecule has 1 atom stereocenters. The molecule has 3 aromatic carbocycles. The van der Waals surface area contributed by atoms with E-state index in [1.54, 1.807) is 43.3 Å². The van der Waals surface area contributed by atoms with E-state index in [4.69, 9.17) is 4.74 Å². The van der Waals surface area contributed by atoms with Gasteiger partial charge in [-0.1, -0.05) is 60.7 Å². The molecule has 0 saturated carbocycles. The molecule has 0 fully saturated rings. The van der Waals surface area contributed by atoms with Crippen LogP contribution in [0, 0.1) is 0 Å². The highest BCUT2D eigenvalue weighted by Crippen LogP contribution is 2.29. The predicted molar refractivity (Wildman–Crippen MR) is 122 cm³/mol. The number of para-hydroxylation sites is 1. The Morgan fingerprint density at radius 2 is 1.62 bits per heavy atom. The molecule has 32 heavy (non-hydrogen) atoms. The van der Waals surface area contributed by atoms with Crippen LogP contribution in [0.25, 0.3) is 0 Å². The minimum absolute atomic E-state index is 0.256. The first kappa shape index (κ1) is 21.3. The average Bonchev–Trinajstić information content (AvgIpc) is 2.80. The van der Waals surface area contributed by atoms with Gasteiger partial charge in [0.25, 0.3) is 11.8 Å². The molecule has 0 aliphatic carbocycles. The molecule has 0 saturated heterocycles. The standard InChI is InChI=1S/C26H24N2O4/c1-26(17-19-11-5-6-12-20(19)24(30)32-26)25(31)28-22-14-8-7-13-21(22)23(29)27-16-15-18-9-3-2-4-10-18/h2-14H,15-17H2,1H3,(H,27,29)(H,28,31)/t26-/m1/s1. The minimum Gasteiger partial charge on any atom is -0.445 e. The summed E-state index contributed by atoms with van der Waals surface area (Å²) in [5.74, 6) is -1.30. The van der Waals surface area contributed by atoms with Crippen molar-refractivity contribution < 1.29 is 19.1 Å². The number of nitrogens with one attached hydrogen (secondary N) is 2. The number of fused-ring (bicyclic) bond motifs is 1. The lowest BCUT2D eigenvalue weighted by molar-refractivity contribution is -0.134. The van der Waals surface area contributed by atoms with Gasteiger partial charge in [-0.2, -0.15) is 0 Å². The van der Waals surface area contributed by atoms with Crippen molar-refractivity contribution >= 4 is 23.5 Å². The van der Waals surface area contributed by atoms with E-state index in [1.807, 2.05) is 42.5 Å². The van der Waals surface area contributed by atoms with Gasteiger partial charge in [0, 0.05) is 13.0 Å². The first-order valence-electron chi connectivity index (χ1n) is 10.5. The molecule has 0 spiro atoms. The molecule has 0 unspecified atom stereocenters. The number of cyclic esters (lactones) is 1. The molecular formula is C26H24N2O4. The van der Waals surface area contributed by atoms with Crippen molar-refractivity contribution in [3.63, 3.8) is 0 Å². The maximum Gasteiger partial charge on any atom is 0.339 e. The maximum absolute atomic E-state index is 13.1. The Labute approximate surface area is 186 Å². The number of rotatable bonds is 6. The van der Waals surface area contributed by atoms with Crippen molar-refractivity contribution in [3.05, 3.63) is 101 Å². The summed E-state index contributed by atoms with van der Waals surface area (Å²) in [6, 6.07) is 23.7. The van der Waals surface area contributed by atoms with E-state index in [0.717, 1.165) is 11.1 Å². The molecule has 162 valence electrons. The highest BCUT2D eigenvalue weighted by atomic mass is 16.6. The van der Waals surface area contributed by atoms with Crippen molar-refractivity contribution in [3.8, 4) is 0 Å². The van der Waals surface area contributed by atoms with Gasteiger partial charge in [-0.15, -0.1) is 0 Å². The van der Waals surface area contributed by atoms with Crippen molar-refractivity contribution in [2.75, 3.05) is 11.9 Å². The SMILES string of the molecule is C[C@]1(C(=O)Nc2ccccc2C(=O)NCCc2ccccc2)Cc2ccccc2C(=O)O1. The molecule has 3 aromatic rings. The third-order valence-corrected chi connectivity index (χ3v) is 5.53. The van der Waals surface area contributed by atoms with E-state index in [9.17, 15) is 14.4 Å². The van der Waals surface area contributed by atoms with Crippen LogP contribution in [0.2, 0.25) is 0 Å². The van der Waals surface area contributed by atoms with Gasteiger partial charge >= 0.3 is 5.97 Å². The van der Waals surface area contributed by atoms with Gasteiger partial charge < -0.3 is 15.4 Å². The van der Waals surface area contributed by atoms with E-state index in [0.29, 0.717) is 29.8 Å². The second-order valence-corrected chi connectivity index (χ2v) is 7.95. The second-order valence-electron chi connectivity index (χ2n) is 7.95. The van der Waals surface area contributed by atoms with Crippen LogP contribution in [0.3, 0.4) is 0 Å². The smallest absolute Gasteiger partial charge is 0.339 e. The number of hydrogen-bond acceptors (Lipinski definition) is 4. The fraction of sp³-hybridized carbons (Fsp3) is 0.192. The average molecular weight is 428 g/mol. The monoisotopic (exact) mass is 428 g/mol. The van der Waals surface area contributed by atoms with Crippen molar-refractivity contribution in [1.82, 2.24) is 5.32 Å². The quantitative estimate of drug-likeness (QED) is 0.586. The Kier molecular flexibility index (Phi) is 6.03. The van der Waals surface area contributed by atoms with Crippen molar-refractivity contribution in [1.29, 1.82) is 0 Å². The van der Waals surface area contributed by atoms with Crippen LogP contribution in [0.4, 0.5) is 5.69 Å². The number of amides is 2. The summed E-state index contributed by atoms with van der Waals surface area (Å²) < 4.78 is 5.50. The summed E-state index contributed by atoms with van der Waals surface area (Å²) in [4.78, 5) is 38.3. The Hall–Kier alpha value is -3.93. The number of carbonyl (C=O) groups is 3. The molecule has 4 rings (SSSR count). The summed E-state index contributed by atoms with van der Waals surface area (Å²) in [6.07, 6.45) is 0.959. The van der Waals surface area contributed by atoms with Crippen LogP contribution in [0.15, 0.2) is 78.9 Å². The molecule has 1 aliphatic heterocycles. The van der Waals surface area contributed by atoms with Crippen LogP contribution in [0.5, 0.6) is 0 Å². The fourth-order valence-corrected chi connectivity index (χ4v) is 3.76. The lowest BCUT2D eigenvalue weighted by Crippen LogP contribution is -2.49. The highest BCUT2D eigenvalue weighted by Gasteiger charge is 2.42. The predicted octanol–water partition coefficient (Wildman–Crippen LogP) is 3.77. The zero-order chi connectivity index (χ0) is 22.6. The van der Waals surface area contributed by atoms with Crippen LogP contribution in [-0.2, 0) is 22.4 Å². The van der Waals surface area contributed by atoms with Crippen LogP contribution >= 0.6 is 0 Å². The number of benzene rings is 3. The molecule has 2 N–H and O–H groups in total. The normalized spacial score (nSPS) is 17.1. The van der Waals surface area contributed by atoms with Gasteiger partial charge in [0.05, 0.1) is 16.8 Å². The second kappa shape index (κ2) is 9.06. The zero-order valence-corrected chi connectivity index (χ0v) is 17.8. The Balaban J connectivity index is 1.45. The third-order valence-electron chi connectivity index (χ3n) is 5.53. The van der Waals surface area contributed by atoms with E-state index < -0.39 is 17.5 Å². The maximum atomic E-state index is 13.1. The summed E-state index contributed by atoms with van der Waals surface area (Å²) in [7, 11) is 0. The number of ether oxygens (including phenoxy) is 1. The summed E-state index contributed by atoms with van der Waals surface area (Å²) in [6.45, 7) is 2.05. The molecule has 0 bridgehead atoms. The minimum atomic E-state index is -1.37. The number of hydrogen-bond donors (Lipinski definition) is 2. The molecule has 6 heteroatoms. The van der Waals surface area contributed by atoms with E-state index in [2.05, 4.69) is 10.6 Å². The number of anilines is 1. The Bertz CT molecular complexity index is 1160. The summed E-state index contributed by atoms with van der Waals surface area (Å²) in [5, 5.41) is 5.68. The van der Waals surface area contributed by atoms with Gasteiger partial charge in [-0.05, 0) is 42.7 Å². The zero-order valence-electron chi connectivity index (χ0n) is 17.8. The van der Waals surface area contributed by atoms with Crippen molar-refractivity contribution in [2.45, 2.75) is 25.4 Å². The van der Waals surface area contributed by atoms with Gasteiger partial charge in [-0.3, -0.25) is 9.59 Å². The lowest BCUT2D eigenvalue weighted by Gasteiger charge is -2.33. The van der Waals surface area contributed by atoms with E-state index >= 15 is 0 Å². The highest BCUT2D eigenvalue weighted by molar-refractivity contribution is 6.07. The number of esters is 1. The first-order valence-corrected chi connectivity index (χ1v) is 10.5. The Morgan fingerprint density at radius 3 is 2.44 bits per heavy atom. The molecule has 0 aromatic heterocycles. The molecule has 2 amide bonds. The van der Waals surface area contributed by atoms with Gasteiger partial charge in [0.2, 0.25) is 0 Å². The summed E-state index contributed by atoms with van der Waals surface area (Å²) in [5.41, 5.74) is 1.69. The molecular weight excluding hydrogens is 404 g/mol. The topological polar surface area (TPSA) is 84.5 Å².